The molecule has 1 aromatic heterocycles. The van der Waals surface area contributed by atoms with E-state index in [9.17, 15) is 13.6 Å². The van der Waals surface area contributed by atoms with Crippen LogP contribution in [-0.4, -0.2) is 33.9 Å². The molecule has 23 heavy (non-hydrogen) atoms. The van der Waals surface area contributed by atoms with Crippen molar-refractivity contribution < 1.29 is 13.6 Å². The van der Waals surface area contributed by atoms with E-state index in [-0.39, 0.29) is 17.4 Å². The van der Waals surface area contributed by atoms with E-state index in [1.54, 1.807) is 11.1 Å². The summed E-state index contributed by atoms with van der Waals surface area (Å²) in [6.07, 6.45) is 3.47. The van der Waals surface area contributed by atoms with Crippen molar-refractivity contribution >= 4 is 5.91 Å². The Morgan fingerprint density at radius 1 is 1.26 bits per heavy atom. The third-order valence-electron chi connectivity index (χ3n) is 4.03. The van der Waals surface area contributed by atoms with Crippen molar-refractivity contribution in [2.45, 2.75) is 25.7 Å². The first kappa shape index (κ1) is 15.5. The van der Waals surface area contributed by atoms with E-state index in [0.717, 1.165) is 36.7 Å². The molecule has 0 N–H and O–H groups in total. The van der Waals surface area contributed by atoms with E-state index in [0.29, 0.717) is 18.9 Å². The fourth-order valence-corrected chi connectivity index (χ4v) is 2.96. The van der Waals surface area contributed by atoms with Gasteiger partial charge < -0.3 is 4.90 Å². The lowest BCUT2D eigenvalue weighted by Crippen LogP contribution is -2.39. The quantitative estimate of drug-likeness (QED) is 0.855. The highest BCUT2D eigenvalue weighted by molar-refractivity contribution is 5.94. The lowest BCUT2D eigenvalue weighted by molar-refractivity contribution is 0.0705. The second kappa shape index (κ2) is 6.40. The maximum Gasteiger partial charge on any atom is 0.254 e. The Kier molecular flexibility index (Phi) is 4.32. The smallest absolute Gasteiger partial charge is 0.254 e. The maximum atomic E-state index is 13.3. The summed E-state index contributed by atoms with van der Waals surface area (Å²) in [7, 11) is 0. The van der Waals surface area contributed by atoms with Crippen molar-refractivity contribution in [2.24, 2.45) is 0 Å². The maximum absolute atomic E-state index is 13.3. The Labute approximate surface area is 133 Å². The normalized spacial score (nSPS) is 18.0. The van der Waals surface area contributed by atoms with Crippen LogP contribution in [0.5, 0.6) is 0 Å². The van der Waals surface area contributed by atoms with E-state index in [2.05, 4.69) is 9.97 Å². The first-order chi connectivity index (χ1) is 11.0. The van der Waals surface area contributed by atoms with Crippen LogP contribution in [0.1, 0.15) is 40.6 Å². The summed E-state index contributed by atoms with van der Waals surface area (Å²) in [5.74, 6) is -1.02. The summed E-state index contributed by atoms with van der Waals surface area (Å²) in [5, 5.41) is 0. The minimum absolute atomic E-state index is 0.0435. The molecule has 2 aromatic rings. The Morgan fingerprint density at radius 2 is 2.00 bits per heavy atom. The molecule has 1 aromatic carbocycles. The largest absolute Gasteiger partial charge is 0.338 e. The van der Waals surface area contributed by atoms with Gasteiger partial charge in [-0.05, 0) is 38.0 Å². The number of likely N-dealkylation sites (tertiary alicyclic amines) is 1. The lowest BCUT2D eigenvalue weighted by Gasteiger charge is -2.32. The first-order valence-electron chi connectivity index (χ1n) is 7.58. The van der Waals surface area contributed by atoms with Crippen LogP contribution in [0.4, 0.5) is 8.78 Å². The van der Waals surface area contributed by atoms with Crippen molar-refractivity contribution in [3.05, 3.63) is 59.2 Å². The van der Waals surface area contributed by atoms with Crippen LogP contribution in [0, 0.1) is 18.6 Å². The number of hydrogen-bond donors (Lipinski definition) is 0. The molecule has 1 aliphatic heterocycles. The average molecular weight is 317 g/mol. The van der Waals surface area contributed by atoms with E-state index >= 15 is 0 Å². The van der Waals surface area contributed by atoms with Gasteiger partial charge in [-0.1, -0.05) is 0 Å². The van der Waals surface area contributed by atoms with E-state index in [4.69, 9.17) is 0 Å². The van der Waals surface area contributed by atoms with E-state index in [1.165, 1.54) is 0 Å². The SMILES string of the molecule is Cc1nccc(C2CCCN(C(=O)c3cc(F)cc(F)c3)C2)n1. The fraction of sp³-hybridized carbons (Fsp3) is 0.353. The number of nitrogens with zero attached hydrogens (tertiary/aromatic N) is 3. The van der Waals surface area contributed by atoms with Crippen LogP contribution in [0.15, 0.2) is 30.5 Å². The molecule has 2 heterocycles. The van der Waals surface area contributed by atoms with Gasteiger partial charge in [-0.25, -0.2) is 18.7 Å². The summed E-state index contributed by atoms with van der Waals surface area (Å²) >= 11 is 0. The van der Waals surface area contributed by atoms with Gasteiger partial charge in [0.15, 0.2) is 0 Å². The summed E-state index contributed by atoms with van der Waals surface area (Å²) < 4.78 is 26.6. The van der Waals surface area contributed by atoms with Crippen LogP contribution in [0.3, 0.4) is 0 Å². The molecular formula is C17H17F2N3O. The van der Waals surface area contributed by atoms with Gasteiger partial charge in [-0.2, -0.15) is 0 Å². The third-order valence-corrected chi connectivity index (χ3v) is 4.03. The number of aromatic nitrogens is 2. The van der Waals surface area contributed by atoms with Crippen LogP contribution < -0.4 is 0 Å². The third kappa shape index (κ3) is 3.52. The van der Waals surface area contributed by atoms with Crippen molar-refractivity contribution in [3.63, 3.8) is 0 Å². The predicted octanol–water partition coefficient (Wildman–Crippen LogP) is 3.08. The summed E-state index contributed by atoms with van der Waals surface area (Å²) in [6, 6.07) is 4.76. The molecular weight excluding hydrogens is 300 g/mol. The van der Waals surface area contributed by atoms with Crippen molar-refractivity contribution in [1.82, 2.24) is 14.9 Å². The van der Waals surface area contributed by atoms with Gasteiger partial charge in [0.05, 0.1) is 0 Å². The van der Waals surface area contributed by atoms with Crippen LogP contribution >= 0.6 is 0 Å². The summed E-state index contributed by atoms with van der Waals surface area (Å²) in [6.45, 7) is 2.90. The molecule has 6 heteroatoms. The molecule has 0 bridgehead atoms. The molecule has 3 rings (SSSR count). The molecule has 0 aliphatic carbocycles. The summed E-state index contributed by atoms with van der Waals surface area (Å²) in [5.41, 5.74) is 0.947. The number of hydrogen-bond acceptors (Lipinski definition) is 3. The average Bonchev–Trinajstić information content (AvgIpc) is 2.53. The number of rotatable bonds is 2. The molecule has 0 spiro atoms. The zero-order valence-corrected chi connectivity index (χ0v) is 12.8. The van der Waals surface area contributed by atoms with Gasteiger partial charge >= 0.3 is 0 Å². The van der Waals surface area contributed by atoms with Gasteiger partial charge in [-0.3, -0.25) is 4.79 Å². The molecule has 1 unspecified atom stereocenters. The number of piperidine rings is 1. The Hall–Kier alpha value is -2.37. The summed E-state index contributed by atoms with van der Waals surface area (Å²) in [4.78, 5) is 22.6. The van der Waals surface area contributed by atoms with Gasteiger partial charge in [-0.15, -0.1) is 0 Å². The number of amides is 1. The van der Waals surface area contributed by atoms with Gasteiger partial charge in [0.25, 0.3) is 5.91 Å². The van der Waals surface area contributed by atoms with Crippen LogP contribution in [0.2, 0.25) is 0 Å². The number of aryl methyl sites for hydroxylation is 1. The zero-order chi connectivity index (χ0) is 16.4. The monoisotopic (exact) mass is 317 g/mol. The van der Waals surface area contributed by atoms with Crippen molar-refractivity contribution in [1.29, 1.82) is 0 Å². The molecule has 0 saturated carbocycles. The highest BCUT2D eigenvalue weighted by Gasteiger charge is 2.26. The number of carbonyl (C=O) groups is 1. The topological polar surface area (TPSA) is 46.1 Å². The number of benzene rings is 1. The van der Waals surface area contributed by atoms with E-state index in [1.807, 2.05) is 13.0 Å². The van der Waals surface area contributed by atoms with Crippen molar-refractivity contribution in [3.8, 4) is 0 Å². The Bertz CT molecular complexity index is 715. The highest BCUT2D eigenvalue weighted by atomic mass is 19.1. The number of halogens is 2. The number of carbonyl (C=O) groups excluding carboxylic acids is 1. The fourth-order valence-electron chi connectivity index (χ4n) is 2.96. The molecule has 4 nitrogen and oxygen atoms in total. The zero-order valence-electron chi connectivity index (χ0n) is 12.8. The lowest BCUT2D eigenvalue weighted by atomic mass is 9.94. The van der Waals surface area contributed by atoms with Crippen molar-refractivity contribution in [2.75, 3.05) is 13.1 Å². The minimum Gasteiger partial charge on any atom is -0.338 e. The van der Waals surface area contributed by atoms with E-state index < -0.39 is 11.6 Å². The molecule has 1 fully saturated rings. The second-order valence-electron chi connectivity index (χ2n) is 5.78. The molecule has 1 aliphatic rings. The first-order valence-corrected chi connectivity index (χ1v) is 7.58. The second-order valence-corrected chi connectivity index (χ2v) is 5.78. The van der Waals surface area contributed by atoms with Crippen LogP contribution in [0.25, 0.3) is 0 Å². The Balaban J connectivity index is 1.79. The van der Waals surface area contributed by atoms with Crippen LogP contribution in [-0.2, 0) is 0 Å². The highest BCUT2D eigenvalue weighted by Crippen LogP contribution is 2.26. The molecule has 1 saturated heterocycles. The molecule has 1 amide bonds. The molecule has 0 radical (unpaired) electrons. The van der Waals surface area contributed by atoms with Gasteiger partial charge in [0, 0.05) is 42.5 Å². The molecule has 120 valence electrons. The van der Waals surface area contributed by atoms with Gasteiger partial charge in [0.1, 0.15) is 17.5 Å². The Morgan fingerprint density at radius 3 is 2.70 bits per heavy atom. The standard InChI is InChI=1S/C17H17F2N3O/c1-11-20-5-4-16(21-11)12-3-2-6-22(10-12)17(23)13-7-14(18)9-15(19)8-13/h4-5,7-9,12H,2-3,6,10H2,1H3. The minimum atomic E-state index is -0.742. The molecule has 1 atom stereocenters. The van der Waals surface area contributed by atoms with Gasteiger partial charge in [0.2, 0.25) is 0 Å². The predicted molar refractivity (Wildman–Crippen MR) is 81.0 cm³/mol.